The van der Waals surface area contributed by atoms with Crippen LogP contribution in [-0.2, 0) is 0 Å². The molecule has 0 spiro atoms. The van der Waals surface area contributed by atoms with Crippen LogP contribution in [0, 0.1) is 5.92 Å². The van der Waals surface area contributed by atoms with Crippen molar-refractivity contribution in [2.45, 2.75) is 32.2 Å². The van der Waals surface area contributed by atoms with Gasteiger partial charge in [-0.3, -0.25) is 0 Å². The second kappa shape index (κ2) is 5.65. The third kappa shape index (κ3) is 3.08. The Morgan fingerprint density at radius 3 is 2.69 bits per heavy atom. The van der Waals surface area contributed by atoms with Gasteiger partial charge in [-0.2, -0.15) is 0 Å². The largest absolute Gasteiger partial charge is 0.310 e. The summed E-state index contributed by atoms with van der Waals surface area (Å²) in [6.45, 7) is 3.39. The number of benzene rings is 1. The molecule has 0 aliphatic heterocycles. The molecule has 1 nitrogen and oxygen atoms in total. The zero-order valence-corrected chi connectivity index (χ0v) is 12.6. The first-order chi connectivity index (χ1) is 7.66. The van der Waals surface area contributed by atoms with Gasteiger partial charge in [-0.05, 0) is 49.9 Å². The lowest BCUT2D eigenvalue weighted by molar-refractivity contribution is 0.292. The summed E-state index contributed by atoms with van der Waals surface area (Å²) >= 11 is 7.09. The molecule has 0 saturated heterocycles. The van der Waals surface area contributed by atoms with Gasteiger partial charge >= 0.3 is 0 Å². The predicted molar refractivity (Wildman–Crippen MR) is 75.6 cm³/mol. The van der Waals surface area contributed by atoms with Crippen molar-refractivity contribution in [3.8, 4) is 0 Å². The van der Waals surface area contributed by atoms with Gasteiger partial charge in [0.25, 0.3) is 0 Å². The SMILES string of the molecule is CC(NCC1CCC1)c1ccc(Br)cc1Br. The van der Waals surface area contributed by atoms with Crippen molar-refractivity contribution in [3.63, 3.8) is 0 Å². The van der Waals surface area contributed by atoms with E-state index in [1.165, 1.54) is 29.3 Å². The highest BCUT2D eigenvalue weighted by atomic mass is 79.9. The van der Waals surface area contributed by atoms with E-state index in [4.69, 9.17) is 0 Å². The first kappa shape index (κ1) is 12.6. The summed E-state index contributed by atoms with van der Waals surface area (Å²) in [4.78, 5) is 0. The van der Waals surface area contributed by atoms with Crippen LogP contribution in [0.25, 0.3) is 0 Å². The Kier molecular flexibility index (Phi) is 4.45. The Labute approximate surface area is 114 Å². The fourth-order valence-corrected chi connectivity index (χ4v) is 3.39. The molecule has 0 amide bonds. The molecule has 1 aliphatic carbocycles. The molecular weight excluding hydrogens is 330 g/mol. The van der Waals surface area contributed by atoms with Crippen LogP contribution in [-0.4, -0.2) is 6.54 Å². The molecule has 1 unspecified atom stereocenters. The molecule has 1 N–H and O–H groups in total. The molecule has 1 atom stereocenters. The zero-order chi connectivity index (χ0) is 11.5. The Bertz CT molecular complexity index is 361. The third-order valence-electron chi connectivity index (χ3n) is 3.37. The molecule has 0 aromatic heterocycles. The number of nitrogens with one attached hydrogen (secondary N) is 1. The van der Waals surface area contributed by atoms with E-state index in [0.29, 0.717) is 6.04 Å². The standard InChI is InChI=1S/C13H17Br2N/c1-9(16-8-10-3-2-4-10)12-6-5-11(14)7-13(12)15/h5-7,9-10,16H,2-4,8H2,1H3. The van der Waals surface area contributed by atoms with Crippen molar-refractivity contribution in [3.05, 3.63) is 32.7 Å². The molecule has 1 aromatic carbocycles. The van der Waals surface area contributed by atoms with Crippen molar-refractivity contribution in [2.75, 3.05) is 6.54 Å². The van der Waals surface area contributed by atoms with Crippen molar-refractivity contribution in [1.29, 1.82) is 0 Å². The fourth-order valence-electron chi connectivity index (χ4n) is 2.00. The number of hydrogen-bond donors (Lipinski definition) is 1. The second-order valence-electron chi connectivity index (χ2n) is 4.59. The smallest absolute Gasteiger partial charge is 0.0303 e. The first-order valence-electron chi connectivity index (χ1n) is 5.85. The average molecular weight is 347 g/mol. The molecule has 3 heteroatoms. The number of halogens is 2. The molecule has 88 valence electrons. The monoisotopic (exact) mass is 345 g/mol. The van der Waals surface area contributed by atoms with Crippen LogP contribution in [0.5, 0.6) is 0 Å². The van der Waals surface area contributed by atoms with E-state index >= 15 is 0 Å². The third-order valence-corrected chi connectivity index (χ3v) is 4.55. The van der Waals surface area contributed by atoms with E-state index in [0.717, 1.165) is 16.9 Å². The van der Waals surface area contributed by atoms with Gasteiger partial charge in [0, 0.05) is 15.0 Å². The van der Waals surface area contributed by atoms with Gasteiger partial charge in [0.2, 0.25) is 0 Å². The minimum atomic E-state index is 0.420. The maximum atomic E-state index is 3.62. The summed E-state index contributed by atoms with van der Waals surface area (Å²) in [6, 6.07) is 6.80. The molecule has 2 rings (SSSR count). The molecule has 1 fully saturated rings. The fraction of sp³-hybridized carbons (Fsp3) is 0.538. The van der Waals surface area contributed by atoms with Crippen LogP contribution in [0.1, 0.15) is 37.8 Å². The highest BCUT2D eigenvalue weighted by Crippen LogP contribution is 2.29. The first-order valence-corrected chi connectivity index (χ1v) is 7.43. The van der Waals surface area contributed by atoms with Gasteiger partial charge in [-0.1, -0.05) is 44.3 Å². The lowest BCUT2D eigenvalue weighted by Crippen LogP contribution is -2.29. The second-order valence-corrected chi connectivity index (χ2v) is 6.36. The number of hydrogen-bond acceptors (Lipinski definition) is 1. The van der Waals surface area contributed by atoms with Crippen LogP contribution in [0.3, 0.4) is 0 Å². The maximum Gasteiger partial charge on any atom is 0.0303 e. The van der Waals surface area contributed by atoms with Crippen LogP contribution in [0.4, 0.5) is 0 Å². The Balaban J connectivity index is 1.93. The summed E-state index contributed by atoms with van der Waals surface area (Å²) in [5, 5.41) is 3.62. The van der Waals surface area contributed by atoms with Crippen LogP contribution < -0.4 is 5.32 Å². The summed E-state index contributed by atoms with van der Waals surface area (Å²) in [5.74, 6) is 0.914. The highest BCUT2D eigenvalue weighted by Gasteiger charge is 2.18. The topological polar surface area (TPSA) is 12.0 Å². The van der Waals surface area contributed by atoms with E-state index in [-0.39, 0.29) is 0 Å². The Hall–Kier alpha value is 0.140. The molecule has 0 bridgehead atoms. The minimum Gasteiger partial charge on any atom is -0.310 e. The molecule has 16 heavy (non-hydrogen) atoms. The summed E-state index contributed by atoms with van der Waals surface area (Å²) in [6.07, 6.45) is 4.23. The highest BCUT2D eigenvalue weighted by molar-refractivity contribution is 9.11. The van der Waals surface area contributed by atoms with Crippen molar-refractivity contribution >= 4 is 31.9 Å². The lowest BCUT2D eigenvalue weighted by atomic mass is 9.85. The minimum absolute atomic E-state index is 0.420. The molecule has 1 aliphatic rings. The van der Waals surface area contributed by atoms with Crippen molar-refractivity contribution < 1.29 is 0 Å². The van der Waals surface area contributed by atoms with Gasteiger partial charge in [-0.25, -0.2) is 0 Å². The molecule has 0 heterocycles. The quantitative estimate of drug-likeness (QED) is 0.835. The van der Waals surface area contributed by atoms with Crippen LogP contribution in [0.15, 0.2) is 27.1 Å². The summed E-state index contributed by atoms with van der Waals surface area (Å²) in [5.41, 5.74) is 1.34. The Morgan fingerprint density at radius 2 is 2.12 bits per heavy atom. The molecular formula is C13H17Br2N. The van der Waals surface area contributed by atoms with E-state index in [1.54, 1.807) is 0 Å². The van der Waals surface area contributed by atoms with Crippen LogP contribution >= 0.6 is 31.9 Å². The Morgan fingerprint density at radius 1 is 1.38 bits per heavy atom. The molecule has 1 aromatic rings. The van der Waals surface area contributed by atoms with Crippen LogP contribution in [0.2, 0.25) is 0 Å². The van der Waals surface area contributed by atoms with Gasteiger partial charge in [0.1, 0.15) is 0 Å². The normalized spacial score (nSPS) is 18.2. The summed E-state index contributed by atoms with van der Waals surface area (Å²) in [7, 11) is 0. The van der Waals surface area contributed by atoms with E-state index in [1.807, 2.05) is 0 Å². The van der Waals surface area contributed by atoms with E-state index in [9.17, 15) is 0 Å². The van der Waals surface area contributed by atoms with E-state index < -0.39 is 0 Å². The van der Waals surface area contributed by atoms with E-state index in [2.05, 4.69) is 62.3 Å². The summed E-state index contributed by atoms with van der Waals surface area (Å²) < 4.78 is 2.30. The van der Waals surface area contributed by atoms with Crippen molar-refractivity contribution in [2.24, 2.45) is 5.92 Å². The van der Waals surface area contributed by atoms with Gasteiger partial charge < -0.3 is 5.32 Å². The average Bonchev–Trinajstić information content (AvgIpc) is 2.14. The zero-order valence-electron chi connectivity index (χ0n) is 9.47. The maximum absolute atomic E-state index is 3.62. The predicted octanol–water partition coefficient (Wildman–Crippen LogP) is 4.66. The lowest BCUT2D eigenvalue weighted by Gasteiger charge is -2.27. The van der Waals surface area contributed by atoms with Crippen molar-refractivity contribution in [1.82, 2.24) is 5.32 Å². The van der Waals surface area contributed by atoms with Gasteiger partial charge in [0.15, 0.2) is 0 Å². The number of rotatable bonds is 4. The molecule has 1 saturated carbocycles. The van der Waals surface area contributed by atoms with Gasteiger partial charge in [0.05, 0.1) is 0 Å². The van der Waals surface area contributed by atoms with Gasteiger partial charge in [-0.15, -0.1) is 0 Å². The molecule has 0 radical (unpaired) electrons.